The van der Waals surface area contributed by atoms with Crippen LogP contribution in [0.15, 0.2) is 52.8 Å². The van der Waals surface area contributed by atoms with Crippen LogP contribution in [0, 0.1) is 0 Å². The van der Waals surface area contributed by atoms with E-state index >= 15 is 0 Å². The van der Waals surface area contributed by atoms with Gasteiger partial charge in [-0.15, -0.1) is 23.5 Å². The van der Waals surface area contributed by atoms with Crippen LogP contribution in [0.25, 0.3) is 5.57 Å². The molecule has 0 radical (unpaired) electrons. The highest BCUT2D eigenvalue weighted by Gasteiger charge is 2.22. The van der Waals surface area contributed by atoms with Crippen LogP contribution < -0.4 is 10.6 Å². The van der Waals surface area contributed by atoms with Gasteiger partial charge in [0.15, 0.2) is 5.12 Å². The molecule has 0 saturated heterocycles. The van der Waals surface area contributed by atoms with Crippen LogP contribution in [0.2, 0.25) is 0 Å². The number of carbonyl (C=O) groups is 1. The molecule has 2 aromatic rings. The first-order valence-electron chi connectivity index (χ1n) is 8.21. The molecule has 1 nitrogen and oxygen atoms in total. The molecule has 0 amide bonds. The Morgan fingerprint density at radius 2 is 1.48 bits per heavy atom. The summed E-state index contributed by atoms with van der Waals surface area (Å²) in [6, 6.07) is 17.6. The van der Waals surface area contributed by atoms with Gasteiger partial charge >= 0.3 is 0 Å². The molecule has 1 heterocycles. The topological polar surface area (TPSA) is 17.1 Å². The minimum atomic E-state index is 0.213. The number of carbonyl (C=O) groups excluding carboxylic acids is 1. The SMILES string of the molecule is CSC(SCCCSC(C)=O)=C1c2ccccc2Pc2ccccc21. The monoisotopic (exact) mass is 404 g/mol. The van der Waals surface area contributed by atoms with Crippen LogP contribution in [0.3, 0.4) is 0 Å². The second kappa shape index (κ2) is 9.32. The number of hydrogen-bond acceptors (Lipinski definition) is 4. The fraction of sp³-hybridized carbons (Fsp3) is 0.250. The molecule has 1 aliphatic heterocycles. The standard InChI is InChI=1S/C20H21OPS3/c1-14(21)24-12-7-13-25-20(23-2)19-15-8-3-5-10-17(15)22-18-11-6-4-9-16(18)19/h3-6,8-11,22H,7,12-13H2,1-2H3. The minimum Gasteiger partial charge on any atom is -0.288 e. The highest BCUT2D eigenvalue weighted by molar-refractivity contribution is 8.22. The van der Waals surface area contributed by atoms with E-state index in [1.165, 1.54) is 43.3 Å². The lowest BCUT2D eigenvalue weighted by molar-refractivity contribution is -0.109. The molecule has 0 aromatic heterocycles. The summed E-state index contributed by atoms with van der Waals surface area (Å²) in [6.07, 6.45) is 3.22. The van der Waals surface area contributed by atoms with E-state index in [1.54, 1.807) is 6.92 Å². The second-order valence-electron chi connectivity index (χ2n) is 5.62. The molecule has 2 aromatic carbocycles. The average Bonchev–Trinajstić information content (AvgIpc) is 2.63. The Hall–Kier alpha value is -0.670. The molecule has 5 heteroatoms. The van der Waals surface area contributed by atoms with Gasteiger partial charge in [0.05, 0.1) is 0 Å². The Balaban J connectivity index is 1.89. The van der Waals surface area contributed by atoms with E-state index in [9.17, 15) is 4.79 Å². The van der Waals surface area contributed by atoms with E-state index < -0.39 is 0 Å². The molecule has 0 bridgehead atoms. The first-order valence-corrected chi connectivity index (χ1v) is 12.4. The van der Waals surface area contributed by atoms with Crippen molar-refractivity contribution in [2.45, 2.75) is 13.3 Å². The van der Waals surface area contributed by atoms with Gasteiger partial charge in [-0.3, -0.25) is 4.79 Å². The highest BCUT2D eigenvalue weighted by Crippen LogP contribution is 2.42. The van der Waals surface area contributed by atoms with Gasteiger partial charge < -0.3 is 0 Å². The Labute approximate surface area is 164 Å². The third-order valence-corrected chi connectivity index (χ3v) is 8.58. The normalized spacial score (nSPS) is 13.4. The predicted molar refractivity (Wildman–Crippen MR) is 120 cm³/mol. The second-order valence-corrected chi connectivity index (χ2v) is 10.4. The Bertz CT molecular complexity index is 754. The lowest BCUT2D eigenvalue weighted by Crippen LogP contribution is -2.19. The van der Waals surface area contributed by atoms with Crippen LogP contribution in [-0.2, 0) is 4.79 Å². The van der Waals surface area contributed by atoms with Crippen molar-refractivity contribution in [3.63, 3.8) is 0 Å². The van der Waals surface area contributed by atoms with Gasteiger partial charge in [0.25, 0.3) is 0 Å². The summed E-state index contributed by atoms with van der Waals surface area (Å²) in [5.41, 5.74) is 4.16. The Morgan fingerprint density at radius 3 is 2.04 bits per heavy atom. The molecule has 0 unspecified atom stereocenters. The van der Waals surface area contributed by atoms with Crippen LogP contribution in [0.1, 0.15) is 24.5 Å². The van der Waals surface area contributed by atoms with Gasteiger partial charge in [0, 0.05) is 22.5 Å². The zero-order valence-corrected chi connectivity index (χ0v) is 17.8. The maximum atomic E-state index is 11.1. The summed E-state index contributed by atoms with van der Waals surface area (Å²) in [7, 11) is 0.730. The van der Waals surface area contributed by atoms with Gasteiger partial charge in [0.2, 0.25) is 0 Å². The lowest BCUT2D eigenvalue weighted by Gasteiger charge is -2.24. The largest absolute Gasteiger partial charge is 0.288 e. The maximum absolute atomic E-state index is 11.1. The van der Waals surface area contributed by atoms with E-state index in [4.69, 9.17) is 0 Å². The number of hydrogen-bond donors (Lipinski definition) is 0. The molecular formula is C20H21OPS3. The van der Waals surface area contributed by atoms with Crippen molar-refractivity contribution in [3.8, 4) is 0 Å². The van der Waals surface area contributed by atoms with Crippen molar-refractivity contribution in [1.29, 1.82) is 0 Å². The molecule has 130 valence electrons. The summed E-state index contributed by atoms with van der Waals surface area (Å²) >= 11 is 5.20. The van der Waals surface area contributed by atoms with Gasteiger partial charge in [-0.1, -0.05) is 68.9 Å². The van der Waals surface area contributed by atoms with E-state index in [0.717, 1.165) is 26.5 Å². The van der Waals surface area contributed by atoms with Crippen LogP contribution in [0.4, 0.5) is 0 Å². The summed E-state index contributed by atoms with van der Waals surface area (Å²) in [5.74, 6) is 1.96. The molecular weight excluding hydrogens is 383 g/mol. The molecule has 0 aliphatic carbocycles. The fourth-order valence-electron chi connectivity index (χ4n) is 2.80. The average molecular weight is 405 g/mol. The van der Waals surface area contributed by atoms with Crippen LogP contribution in [0.5, 0.6) is 0 Å². The maximum Gasteiger partial charge on any atom is 0.185 e. The van der Waals surface area contributed by atoms with Crippen molar-refractivity contribution in [2.75, 3.05) is 17.8 Å². The zero-order valence-electron chi connectivity index (χ0n) is 14.4. The first-order chi connectivity index (χ1) is 12.2. The number of rotatable bonds is 6. The number of thioether (sulfide) groups is 3. The number of benzene rings is 2. The fourth-order valence-corrected chi connectivity index (χ4v) is 6.88. The molecule has 0 spiro atoms. The van der Waals surface area contributed by atoms with Crippen LogP contribution >= 0.6 is 43.9 Å². The summed E-state index contributed by atoms with van der Waals surface area (Å²) < 4.78 is 1.39. The summed E-state index contributed by atoms with van der Waals surface area (Å²) in [5, 5.41) is 3.09. The molecule has 0 saturated carbocycles. The van der Waals surface area contributed by atoms with E-state index in [1.807, 2.05) is 23.5 Å². The summed E-state index contributed by atoms with van der Waals surface area (Å²) in [4.78, 5) is 11.1. The predicted octanol–water partition coefficient (Wildman–Crippen LogP) is 5.11. The van der Waals surface area contributed by atoms with Gasteiger partial charge in [0.1, 0.15) is 0 Å². The zero-order chi connectivity index (χ0) is 17.6. The molecule has 0 N–H and O–H groups in total. The van der Waals surface area contributed by atoms with Crippen molar-refractivity contribution in [3.05, 3.63) is 63.9 Å². The third-order valence-electron chi connectivity index (χ3n) is 3.88. The third kappa shape index (κ3) is 4.74. The summed E-state index contributed by atoms with van der Waals surface area (Å²) in [6.45, 7) is 1.64. The quantitative estimate of drug-likeness (QED) is 0.419. The smallest absolute Gasteiger partial charge is 0.185 e. The van der Waals surface area contributed by atoms with Crippen molar-refractivity contribution in [1.82, 2.24) is 0 Å². The lowest BCUT2D eigenvalue weighted by atomic mass is 9.99. The van der Waals surface area contributed by atoms with Crippen LogP contribution in [-0.4, -0.2) is 22.9 Å². The molecule has 0 atom stereocenters. The van der Waals surface area contributed by atoms with E-state index in [0.29, 0.717) is 0 Å². The molecule has 3 rings (SSSR count). The highest BCUT2D eigenvalue weighted by atomic mass is 32.2. The molecule has 0 fully saturated rings. The Kier molecular flexibility index (Phi) is 7.12. The van der Waals surface area contributed by atoms with Gasteiger partial charge in [-0.25, -0.2) is 0 Å². The van der Waals surface area contributed by atoms with Crippen molar-refractivity contribution < 1.29 is 4.79 Å². The molecule has 1 aliphatic rings. The van der Waals surface area contributed by atoms with Crippen molar-refractivity contribution >= 4 is 65.2 Å². The molecule has 25 heavy (non-hydrogen) atoms. The van der Waals surface area contributed by atoms with Gasteiger partial charge in [-0.05, 0) is 40.2 Å². The van der Waals surface area contributed by atoms with Crippen molar-refractivity contribution in [2.24, 2.45) is 0 Å². The number of fused-ring (bicyclic) bond motifs is 2. The minimum absolute atomic E-state index is 0.213. The van der Waals surface area contributed by atoms with E-state index in [-0.39, 0.29) is 5.12 Å². The Morgan fingerprint density at radius 1 is 0.920 bits per heavy atom. The van der Waals surface area contributed by atoms with Gasteiger partial charge in [-0.2, -0.15) is 0 Å². The van der Waals surface area contributed by atoms with E-state index in [2.05, 4.69) is 54.8 Å². The first kappa shape index (κ1) is 19.1.